The van der Waals surface area contributed by atoms with E-state index in [0.29, 0.717) is 19.4 Å². The van der Waals surface area contributed by atoms with Gasteiger partial charge in [0, 0.05) is 24.0 Å². The first-order chi connectivity index (χ1) is 16.5. The molecule has 2 bridgehead atoms. The Labute approximate surface area is 198 Å². The van der Waals surface area contributed by atoms with Crippen molar-refractivity contribution >= 4 is 12.2 Å². The second-order valence-electron chi connectivity index (χ2n) is 9.05. The van der Waals surface area contributed by atoms with Crippen molar-refractivity contribution in [3.8, 4) is 0 Å². The van der Waals surface area contributed by atoms with Crippen LogP contribution in [0.3, 0.4) is 0 Å². The number of oxime groups is 1. The Kier molecular flexibility index (Phi) is 7.73. The quantitative estimate of drug-likeness (QED) is 0.200. The second kappa shape index (κ2) is 10.9. The van der Waals surface area contributed by atoms with Crippen molar-refractivity contribution in [1.29, 1.82) is 0 Å². The number of benzene rings is 2. The topological polar surface area (TPSA) is 68.1 Å². The molecule has 2 aromatic rings. The molecule has 4 atom stereocenters. The highest BCUT2D eigenvalue weighted by Crippen LogP contribution is 2.56. The zero-order valence-electron chi connectivity index (χ0n) is 18.9. The van der Waals surface area contributed by atoms with E-state index >= 15 is 0 Å². The number of halogens is 2. The third-order valence-corrected chi connectivity index (χ3v) is 6.91. The zero-order chi connectivity index (χ0) is 24.0. The molecule has 0 amide bonds. The van der Waals surface area contributed by atoms with Gasteiger partial charge >= 0.3 is 5.97 Å². The molecular formula is C27H29F2NO4. The maximum absolute atomic E-state index is 13.6. The normalized spacial score (nSPS) is 26.0. The first kappa shape index (κ1) is 24.1. The van der Waals surface area contributed by atoms with Crippen LogP contribution < -0.4 is 0 Å². The minimum Gasteiger partial charge on any atom is -0.481 e. The van der Waals surface area contributed by atoms with Crippen LogP contribution in [0.5, 0.6) is 0 Å². The van der Waals surface area contributed by atoms with Gasteiger partial charge in [0.25, 0.3) is 0 Å². The van der Waals surface area contributed by atoms with E-state index < -0.39 is 5.97 Å². The van der Waals surface area contributed by atoms with Gasteiger partial charge in [-0.25, -0.2) is 8.78 Å². The first-order valence-corrected chi connectivity index (χ1v) is 11.6. The molecule has 0 radical (unpaired) electrons. The number of hydrogen-bond acceptors (Lipinski definition) is 4. The SMILES string of the molecule is O=C(O)CCC/C=C\C[C@H]1[C@H](C=NOCc2ccc(F)cc2)[C@@H]2C[C@@]1(c1ccc(F)cc1)CO2. The Bertz CT molecular complexity index is 1020. The lowest BCUT2D eigenvalue weighted by molar-refractivity contribution is -0.137. The summed E-state index contributed by atoms with van der Waals surface area (Å²) in [6.45, 7) is 0.813. The fraction of sp³-hybridized carbons (Fsp3) is 0.407. The maximum Gasteiger partial charge on any atom is 0.303 e. The summed E-state index contributed by atoms with van der Waals surface area (Å²) in [5, 5.41) is 13.0. The van der Waals surface area contributed by atoms with Crippen LogP contribution in [0.2, 0.25) is 0 Å². The van der Waals surface area contributed by atoms with Gasteiger partial charge in [0.05, 0.1) is 12.7 Å². The van der Waals surface area contributed by atoms with Gasteiger partial charge in [-0.1, -0.05) is 41.6 Å². The van der Waals surface area contributed by atoms with Gasteiger partial charge in [-0.05, 0) is 67.0 Å². The molecule has 7 heteroatoms. The number of carbonyl (C=O) groups is 1. The van der Waals surface area contributed by atoms with Crippen LogP contribution in [0, 0.1) is 23.5 Å². The summed E-state index contributed by atoms with van der Waals surface area (Å²) in [6.07, 6.45) is 9.02. The molecule has 1 saturated heterocycles. The molecule has 0 spiro atoms. The highest BCUT2D eigenvalue weighted by molar-refractivity contribution is 5.66. The standard InChI is InChI=1S/C27H29F2NO4/c28-21-11-7-19(8-12-21)17-34-30-16-23-24(5-3-1-2-4-6-26(31)32)27(15-25(23)33-18-27)20-9-13-22(29)14-10-20/h1,3,7-14,16,23-25H,2,4-6,15,17-18H2,(H,31,32)/b3-1-,30-16?/t23-,24-,25-,27-/m0/s1. The molecule has 180 valence electrons. The van der Waals surface area contributed by atoms with E-state index in [4.69, 9.17) is 14.7 Å². The number of hydrogen-bond donors (Lipinski definition) is 1. The van der Waals surface area contributed by atoms with Crippen molar-refractivity contribution < 1.29 is 28.3 Å². The van der Waals surface area contributed by atoms with E-state index in [-0.39, 0.29) is 48.0 Å². The Morgan fingerprint density at radius 1 is 1.12 bits per heavy atom. The first-order valence-electron chi connectivity index (χ1n) is 11.6. The summed E-state index contributed by atoms with van der Waals surface area (Å²) in [4.78, 5) is 16.2. The van der Waals surface area contributed by atoms with E-state index in [1.54, 1.807) is 12.1 Å². The minimum absolute atomic E-state index is 0.00589. The van der Waals surface area contributed by atoms with Crippen molar-refractivity contribution in [2.24, 2.45) is 17.0 Å². The molecular weight excluding hydrogens is 440 g/mol. The zero-order valence-corrected chi connectivity index (χ0v) is 18.9. The largest absolute Gasteiger partial charge is 0.481 e. The predicted molar refractivity (Wildman–Crippen MR) is 124 cm³/mol. The summed E-state index contributed by atoms with van der Waals surface area (Å²) < 4.78 is 32.8. The molecule has 0 unspecified atom stereocenters. The van der Waals surface area contributed by atoms with E-state index in [0.717, 1.165) is 24.0 Å². The lowest BCUT2D eigenvalue weighted by Gasteiger charge is -2.37. The number of unbranched alkanes of at least 4 members (excludes halogenated alkanes) is 1. The molecule has 1 aliphatic heterocycles. The predicted octanol–water partition coefficient (Wildman–Crippen LogP) is 5.64. The van der Waals surface area contributed by atoms with Gasteiger partial charge in [-0.2, -0.15) is 0 Å². The number of carboxylic acid groups (broad SMARTS) is 1. The summed E-state index contributed by atoms with van der Waals surface area (Å²) in [6, 6.07) is 12.8. The molecule has 1 saturated carbocycles. The van der Waals surface area contributed by atoms with Gasteiger partial charge in [0.2, 0.25) is 0 Å². The average Bonchev–Trinajstić information content (AvgIpc) is 3.38. The Morgan fingerprint density at radius 2 is 1.82 bits per heavy atom. The summed E-state index contributed by atoms with van der Waals surface area (Å²) >= 11 is 0. The Morgan fingerprint density at radius 3 is 2.53 bits per heavy atom. The lowest BCUT2D eigenvalue weighted by Crippen LogP contribution is -2.40. The van der Waals surface area contributed by atoms with Crippen LogP contribution in [0.1, 0.15) is 43.2 Å². The average molecular weight is 470 g/mol. The fourth-order valence-electron chi connectivity index (χ4n) is 5.18. The molecule has 2 aliphatic rings. The molecule has 2 fully saturated rings. The Balaban J connectivity index is 1.46. The molecule has 1 heterocycles. The van der Waals surface area contributed by atoms with Gasteiger partial charge in [-0.15, -0.1) is 0 Å². The third kappa shape index (κ3) is 5.53. The fourth-order valence-corrected chi connectivity index (χ4v) is 5.18. The minimum atomic E-state index is -0.786. The van der Waals surface area contributed by atoms with Crippen molar-refractivity contribution in [2.75, 3.05) is 6.61 Å². The molecule has 1 N–H and O–H groups in total. The number of rotatable bonds is 11. The van der Waals surface area contributed by atoms with E-state index in [9.17, 15) is 13.6 Å². The number of aliphatic carboxylic acids is 1. The van der Waals surface area contributed by atoms with Crippen molar-refractivity contribution in [2.45, 2.75) is 50.2 Å². The van der Waals surface area contributed by atoms with Crippen LogP contribution in [0.15, 0.2) is 65.8 Å². The van der Waals surface area contributed by atoms with Gasteiger partial charge in [0.1, 0.15) is 18.2 Å². The Hall–Kier alpha value is -3.06. The van der Waals surface area contributed by atoms with E-state index in [1.807, 2.05) is 24.4 Å². The number of fused-ring (bicyclic) bond motifs is 2. The highest BCUT2D eigenvalue weighted by atomic mass is 19.1. The van der Waals surface area contributed by atoms with E-state index in [2.05, 4.69) is 11.2 Å². The monoisotopic (exact) mass is 469 g/mol. The smallest absolute Gasteiger partial charge is 0.303 e. The maximum atomic E-state index is 13.6. The highest BCUT2D eigenvalue weighted by Gasteiger charge is 2.58. The molecule has 1 aliphatic carbocycles. The summed E-state index contributed by atoms with van der Waals surface area (Å²) in [7, 11) is 0. The lowest BCUT2D eigenvalue weighted by atomic mass is 9.69. The molecule has 0 aromatic heterocycles. The van der Waals surface area contributed by atoms with Crippen molar-refractivity contribution in [3.63, 3.8) is 0 Å². The molecule has 4 rings (SSSR count). The second-order valence-corrected chi connectivity index (χ2v) is 9.05. The third-order valence-electron chi connectivity index (χ3n) is 6.91. The number of allylic oxidation sites excluding steroid dienone is 2. The van der Waals surface area contributed by atoms with Crippen LogP contribution in [0.4, 0.5) is 8.78 Å². The molecule has 2 aromatic carbocycles. The number of nitrogens with zero attached hydrogens (tertiary/aromatic N) is 1. The molecule has 34 heavy (non-hydrogen) atoms. The molecule has 5 nitrogen and oxygen atoms in total. The van der Waals surface area contributed by atoms with Crippen LogP contribution in [-0.2, 0) is 26.4 Å². The van der Waals surface area contributed by atoms with Crippen molar-refractivity contribution in [3.05, 3.63) is 83.4 Å². The van der Waals surface area contributed by atoms with Crippen LogP contribution in [-0.4, -0.2) is 30.0 Å². The van der Waals surface area contributed by atoms with Crippen LogP contribution in [0.25, 0.3) is 0 Å². The summed E-state index contributed by atoms with van der Waals surface area (Å²) in [5.41, 5.74) is 1.65. The van der Waals surface area contributed by atoms with E-state index in [1.165, 1.54) is 24.3 Å². The van der Waals surface area contributed by atoms with Crippen molar-refractivity contribution in [1.82, 2.24) is 0 Å². The van der Waals surface area contributed by atoms with Crippen LogP contribution >= 0.6 is 0 Å². The number of carboxylic acids is 1. The summed E-state index contributed by atoms with van der Waals surface area (Å²) in [5.74, 6) is -1.14. The van der Waals surface area contributed by atoms with Gasteiger partial charge < -0.3 is 14.7 Å². The van der Waals surface area contributed by atoms with Gasteiger partial charge in [-0.3, -0.25) is 4.79 Å². The van der Waals surface area contributed by atoms with Gasteiger partial charge in [0.15, 0.2) is 0 Å². The number of ether oxygens (including phenoxy) is 1.